The molecular weight excluding hydrogens is 264 g/mol. The fourth-order valence-electron chi connectivity index (χ4n) is 1.66. The standard InChI is InChI=1S/C14H16O6/c1-18-12(15)7-9-4-5-10(14(17)20-3)6-11(9)8-13(16)19-2/h4-6H,7-8H2,1-3H3. The summed E-state index contributed by atoms with van der Waals surface area (Å²) in [7, 11) is 3.82. The molecule has 0 fully saturated rings. The molecule has 0 radical (unpaired) electrons. The summed E-state index contributed by atoms with van der Waals surface area (Å²) in [6.45, 7) is 0. The second kappa shape index (κ2) is 7.28. The summed E-state index contributed by atoms with van der Waals surface area (Å²) in [5, 5.41) is 0. The summed E-state index contributed by atoms with van der Waals surface area (Å²) in [4.78, 5) is 34.2. The van der Waals surface area contributed by atoms with Crippen LogP contribution in [0.5, 0.6) is 0 Å². The highest BCUT2D eigenvalue weighted by Crippen LogP contribution is 2.16. The van der Waals surface area contributed by atoms with Crippen LogP contribution in [-0.4, -0.2) is 39.2 Å². The topological polar surface area (TPSA) is 78.9 Å². The number of carbonyl (C=O) groups excluding carboxylic acids is 3. The molecule has 0 spiro atoms. The van der Waals surface area contributed by atoms with Crippen molar-refractivity contribution in [2.45, 2.75) is 12.8 Å². The Kier molecular flexibility index (Phi) is 5.71. The number of methoxy groups -OCH3 is 3. The van der Waals surface area contributed by atoms with Crippen LogP contribution in [0.15, 0.2) is 18.2 Å². The first-order chi connectivity index (χ1) is 9.51. The van der Waals surface area contributed by atoms with Gasteiger partial charge in [0.2, 0.25) is 0 Å². The number of ether oxygens (including phenoxy) is 3. The van der Waals surface area contributed by atoms with Crippen LogP contribution in [-0.2, 0) is 36.6 Å². The van der Waals surface area contributed by atoms with Crippen LogP contribution < -0.4 is 0 Å². The molecular formula is C14H16O6. The number of benzene rings is 1. The average molecular weight is 280 g/mol. The van der Waals surface area contributed by atoms with Crippen molar-refractivity contribution in [1.29, 1.82) is 0 Å². The molecule has 0 bridgehead atoms. The Morgan fingerprint density at radius 3 is 1.90 bits per heavy atom. The Bertz CT molecular complexity index is 520. The maximum atomic E-state index is 11.5. The molecule has 0 saturated heterocycles. The molecule has 0 aliphatic carbocycles. The smallest absolute Gasteiger partial charge is 0.337 e. The highest BCUT2D eigenvalue weighted by molar-refractivity contribution is 5.90. The van der Waals surface area contributed by atoms with Gasteiger partial charge in [-0.15, -0.1) is 0 Å². The third kappa shape index (κ3) is 4.08. The molecule has 6 nitrogen and oxygen atoms in total. The third-order valence-electron chi connectivity index (χ3n) is 2.75. The van der Waals surface area contributed by atoms with Gasteiger partial charge >= 0.3 is 17.9 Å². The molecule has 0 heterocycles. The largest absolute Gasteiger partial charge is 0.469 e. The van der Waals surface area contributed by atoms with Crippen molar-refractivity contribution >= 4 is 17.9 Å². The Labute approximate surface area is 116 Å². The maximum Gasteiger partial charge on any atom is 0.337 e. The lowest BCUT2D eigenvalue weighted by Crippen LogP contribution is -2.12. The Morgan fingerprint density at radius 2 is 1.40 bits per heavy atom. The van der Waals surface area contributed by atoms with E-state index in [0.29, 0.717) is 16.7 Å². The zero-order valence-electron chi connectivity index (χ0n) is 11.6. The second-order valence-electron chi connectivity index (χ2n) is 3.98. The summed E-state index contributed by atoms with van der Waals surface area (Å²) in [5.41, 5.74) is 1.44. The zero-order valence-corrected chi connectivity index (χ0v) is 11.6. The minimum Gasteiger partial charge on any atom is -0.469 e. The Balaban J connectivity index is 3.12. The molecule has 0 amide bonds. The van der Waals surface area contributed by atoms with Crippen molar-refractivity contribution in [2.75, 3.05) is 21.3 Å². The Morgan fingerprint density at radius 1 is 0.850 bits per heavy atom. The van der Waals surface area contributed by atoms with Crippen molar-refractivity contribution in [3.8, 4) is 0 Å². The first-order valence-corrected chi connectivity index (χ1v) is 5.85. The minimum absolute atomic E-state index is 0.0181. The van der Waals surface area contributed by atoms with Gasteiger partial charge in [0.25, 0.3) is 0 Å². The summed E-state index contributed by atoms with van der Waals surface area (Å²) in [6, 6.07) is 4.65. The highest BCUT2D eigenvalue weighted by atomic mass is 16.5. The fourth-order valence-corrected chi connectivity index (χ4v) is 1.66. The predicted molar refractivity (Wildman–Crippen MR) is 69.2 cm³/mol. The average Bonchev–Trinajstić information content (AvgIpc) is 2.47. The first-order valence-electron chi connectivity index (χ1n) is 5.85. The lowest BCUT2D eigenvalue weighted by molar-refractivity contribution is -0.141. The minimum atomic E-state index is -0.513. The zero-order chi connectivity index (χ0) is 15.1. The molecule has 0 atom stereocenters. The van der Waals surface area contributed by atoms with E-state index >= 15 is 0 Å². The lowest BCUT2D eigenvalue weighted by atomic mass is 9.99. The molecule has 6 heteroatoms. The van der Waals surface area contributed by atoms with Crippen molar-refractivity contribution < 1.29 is 28.6 Å². The lowest BCUT2D eigenvalue weighted by Gasteiger charge is -2.10. The second-order valence-corrected chi connectivity index (χ2v) is 3.98. The van der Waals surface area contributed by atoms with Crippen molar-refractivity contribution in [2.24, 2.45) is 0 Å². The summed E-state index contributed by atoms with van der Waals surface area (Å²) >= 11 is 0. The van der Waals surface area contributed by atoms with Crippen LogP contribution in [0.1, 0.15) is 21.5 Å². The van der Waals surface area contributed by atoms with Crippen LogP contribution >= 0.6 is 0 Å². The molecule has 0 unspecified atom stereocenters. The maximum absolute atomic E-state index is 11.5. The third-order valence-corrected chi connectivity index (χ3v) is 2.75. The van der Waals surface area contributed by atoms with Crippen molar-refractivity contribution in [3.63, 3.8) is 0 Å². The van der Waals surface area contributed by atoms with Gasteiger partial charge in [-0.05, 0) is 23.3 Å². The molecule has 108 valence electrons. The van der Waals surface area contributed by atoms with Gasteiger partial charge in [0, 0.05) is 0 Å². The number of rotatable bonds is 5. The molecule has 1 rings (SSSR count). The monoisotopic (exact) mass is 280 g/mol. The molecule has 0 aliphatic heterocycles. The van der Waals surface area contributed by atoms with E-state index in [2.05, 4.69) is 14.2 Å². The molecule has 1 aromatic rings. The molecule has 0 aromatic heterocycles. The molecule has 0 aliphatic rings. The molecule has 1 aromatic carbocycles. The van der Waals surface area contributed by atoms with E-state index in [0.717, 1.165) is 0 Å². The van der Waals surface area contributed by atoms with E-state index in [1.165, 1.54) is 33.5 Å². The van der Waals surface area contributed by atoms with Gasteiger partial charge in [0.1, 0.15) is 0 Å². The fraction of sp³-hybridized carbons (Fsp3) is 0.357. The van der Waals surface area contributed by atoms with E-state index in [4.69, 9.17) is 0 Å². The predicted octanol–water partition coefficient (Wildman–Crippen LogP) is 0.904. The SMILES string of the molecule is COC(=O)Cc1ccc(C(=O)OC)cc1CC(=O)OC. The van der Waals surface area contributed by atoms with Gasteiger partial charge in [-0.1, -0.05) is 6.07 Å². The number of hydrogen-bond acceptors (Lipinski definition) is 6. The highest BCUT2D eigenvalue weighted by Gasteiger charge is 2.15. The molecule has 0 N–H and O–H groups in total. The van der Waals surface area contributed by atoms with Gasteiger partial charge in [-0.2, -0.15) is 0 Å². The van der Waals surface area contributed by atoms with Crippen LogP contribution in [0.2, 0.25) is 0 Å². The summed E-state index contributed by atoms with van der Waals surface area (Å²) in [5.74, 6) is -1.40. The van der Waals surface area contributed by atoms with E-state index in [-0.39, 0.29) is 12.8 Å². The van der Waals surface area contributed by atoms with Crippen LogP contribution in [0.4, 0.5) is 0 Å². The van der Waals surface area contributed by atoms with Gasteiger partial charge in [0.15, 0.2) is 0 Å². The van der Waals surface area contributed by atoms with Crippen LogP contribution in [0, 0.1) is 0 Å². The van der Waals surface area contributed by atoms with Crippen molar-refractivity contribution in [3.05, 3.63) is 34.9 Å². The quantitative estimate of drug-likeness (QED) is 0.589. The van der Waals surface area contributed by atoms with Gasteiger partial charge in [-0.25, -0.2) is 4.79 Å². The van der Waals surface area contributed by atoms with E-state index in [1.54, 1.807) is 6.07 Å². The summed E-state index contributed by atoms with van der Waals surface area (Å²) in [6.07, 6.45) is -0.0159. The van der Waals surface area contributed by atoms with Gasteiger partial charge in [-0.3, -0.25) is 9.59 Å². The molecule has 20 heavy (non-hydrogen) atoms. The molecule has 0 saturated carbocycles. The van der Waals surface area contributed by atoms with Crippen LogP contribution in [0.3, 0.4) is 0 Å². The summed E-state index contributed by atoms with van der Waals surface area (Å²) < 4.78 is 13.8. The number of esters is 3. The van der Waals surface area contributed by atoms with Gasteiger partial charge < -0.3 is 14.2 Å². The normalized spacial score (nSPS) is 9.75. The van der Waals surface area contributed by atoms with E-state index in [1.807, 2.05) is 0 Å². The van der Waals surface area contributed by atoms with Crippen LogP contribution in [0.25, 0.3) is 0 Å². The van der Waals surface area contributed by atoms with E-state index in [9.17, 15) is 14.4 Å². The number of hydrogen-bond donors (Lipinski definition) is 0. The number of carbonyl (C=O) groups is 3. The Hall–Kier alpha value is -2.37. The van der Waals surface area contributed by atoms with Gasteiger partial charge in [0.05, 0.1) is 39.7 Å². The van der Waals surface area contributed by atoms with E-state index < -0.39 is 17.9 Å². The first kappa shape index (κ1) is 15.7. The van der Waals surface area contributed by atoms with Crippen molar-refractivity contribution in [1.82, 2.24) is 0 Å².